The Hall–Kier alpha value is -5.18. The highest BCUT2D eigenvalue weighted by atomic mass is 16.5. The van der Waals surface area contributed by atoms with Gasteiger partial charge >= 0.3 is 0 Å². The van der Waals surface area contributed by atoms with Crippen LogP contribution in [0.25, 0.3) is 17.2 Å². The fraction of sp³-hybridized carbons (Fsp3) is 0.318. The molecule has 0 saturated carbocycles. The molecule has 0 aliphatic carbocycles. The molecule has 2 unspecified atom stereocenters. The van der Waals surface area contributed by atoms with E-state index in [-0.39, 0.29) is 6.04 Å². The van der Waals surface area contributed by atoms with E-state index in [2.05, 4.69) is 149 Å². The van der Waals surface area contributed by atoms with E-state index < -0.39 is 0 Å². The predicted octanol–water partition coefficient (Wildman–Crippen LogP) is 5.23. The smallest absolute Gasteiger partial charge is 0.119 e. The van der Waals surface area contributed by atoms with E-state index in [4.69, 9.17) is 19.5 Å². The van der Waals surface area contributed by atoms with Gasteiger partial charge in [-0.25, -0.2) is 9.98 Å². The summed E-state index contributed by atoms with van der Waals surface area (Å²) in [7, 11) is 13.3. The second-order valence-corrected chi connectivity index (χ2v) is 16.3. The highest BCUT2D eigenvalue weighted by molar-refractivity contribution is 6.30. The quantitative estimate of drug-likeness (QED) is 0.161. The predicted molar refractivity (Wildman–Crippen MR) is 212 cm³/mol. The number of aliphatic imine (C=N–C) groups is 2. The molecule has 1 aromatic heterocycles. The van der Waals surface area contributed by atoms with Crippen molar-refractivity contribution in [3.63, 3.8) is 0 Å². The van der Waals surface area contributed by atoms with Crippen LogP contribution in [0.15, 0.2) is 124 Å². The molecule has 8 rings (SSSR count). The number of fused-ring (bicyclic) bond motifs is 5. The number of nitrogens with one attached hydrogen (secondary N) is 1. The molecule has 1 N–H and O–H groups in total. The molecule has 5 aliphatic rings. The zero-order valence-corrected chi connectivity index (χ0v) is 31.3. The second kappa shape index (κ2) is 13.4. The first-order valence-electron chi connectivity index (χ1n) is 18.5. The number of nitrogens with zero attached hydrogens (tertiary/aromatic N) is 5. The Bertz CT molecular complexity index is 2250. The molecule has 8 heteroatoms. The Morgan fingerprint density at radius 3 is 2.02 bits per heavy atom. The summed E-state index contributed by atoms with van der Waals surface area (Å²) in [5.74, 6) is 1.76. The van der Waals surface area contributed by atoms with Crippen LogP contribution in [0.2, 0.25) is 0 Å². The number of allylic oxidation sites excluding steroid dienone is 5. The zero-order chi connectivity index (χ0) is 36.0. The van der Waals surface area contributed by atoms with Gasteiger partial charge in [-0.3, -0.25) is 0 Å². The molecule has 8 nitrogen and oxygen atoms in total. The van der Waals surface area contributed by atoms with Crippen LogP contribution in [0, 0.1) is 0 Å². The number of hydrogen-bond donors (Lipinski definition) is 1. The Balaban J connectivity index is 1.14. The Morgan fingerprint density at radius 1 is 0.692 bits per heavy atom. The molecule has 0 radical (unpaired) electrons. The van der Waals surface area contributed by atoms with Crippen molar-refractivity contribution in [1.29, 1.82) is 0 Å². The van der Waals surface area contributed by atoms with E-state index in [0.717, 1.165) is 102 Å². The maximum atomic E-state index is 6.25. The molecular formula is C44H50N6O2+2. The van der Waals surface area contributed by atoms with Crippen molar-refractivity contribution < 1.29 is 18.4 Å². The third-order valence-corrected chi connectivity index (χ3v) is 9.95. The fourth-order valence-corrected chi connectivity index (χ4v) is 7.32. The van der Waals surface area contributed by atoms with E-state index in [0.29, 0.717) is 19.3 Å². The maximum Gasteiger partial charge on any atom is 0.119 e. The van der Waals surface area contributed by atoms with Gasteiger partial charge in [0.15, 0.2) is 0 Å². The largest absolute Gasteiger partial charge is 0.493 e. The number of ether oxygens (including phenoxy) is 2. The lowest BCUT2D eigenvalue weighted by Crippen LogP contribution is -2.36. The van der Waals surface area contributed by atoms with Crippen LogP contribution >= 0.6 is 0 Å². The molecule has 5 aliphatic heterocycles. The summed E-state index contributed by atoms with van der Waals surface area (Å²) in [6, 6.07) is 21.8. The Kier molecular flexibility index (Phi) is 8.76. The van der Waals surface area contributed by atoms with Gasteiger partial charge in [-0.15, -0.1) is 0 Å². The van der Waals surface area contributed by atoms with Gasteiger partial charge in [0.1, 0.15) is 11.5 Å². The van der Waals surface area contributed by atoms with Crippen molar-refractivity contribution in [2.75, 3.05) is 68.6 Å². The first-order valence-corrected chi connectivity index (χ1v) is 18.5. The van der Waals surface area contributed by atoms with E-state index in [1.807, 2.05) is 6.07 Å². The summed E-state index contributed by atoms with van der Waals surface area (Å²) in [5, 5.41) is 1.98. The standard InChI is InChI=1S/C44H50N6O2/c1-49(2,3)21-9-23-51-35-13-7-11-30(25-35)43-37-18-15-32(45-37)27-33-16-20-39(46-33)44(31-12-8-14-36(26-31)52-24-10-22-50(4,5)6)42-29-41-40(48(41)42)28-34-17-19-38(43)47-34/h7-8,11-20,25-29,40-41,45H,9-10,21-24H2,1-6H3/q+2/b32-27-,34-28-,43-37-,44-39-. The average molecular weight is 695 g/mol. The van der Waals surface area contributed by atoms with Crippen molar-refractivity contribution in [1.82, 2.24) is 9.88 Å². The van der Waals surface area contributed by atoms with E-state index >= 15 is 0 Å². The van der Waals surface area contributed by atoms with Crippen LogP contribution in [-0.2, 0) is 0 Å². The number of rotatable bonds is 12. The maximum absolute atomic E-state index is 6.25. The monoisotopic (exact) mass is 694 g/mol. The lowest BCUT2D eigenvalue weighted by atomic mass is 9.97. The van der Waals surface area contributed by atoms with Gasteiger partial charge in [-0.2, -0.15) is 0 Å². The highest BCUT2D eigenvalue weighted by Gasteiger charge is 2.54. The average Bonchev–Trinajstić information content (AvgIpc) is 3.62. The Morgan fingerprint density at radius 2 is 1.35 bits per heavy atom. The van der Waals surface area contributed by atoms with Gasteiger partial charge in [0.05, 0.1) is 103 Å². The molecule has 266 valence electrons. The molecular weight excluding hydrogens is 645 g/mol. The van der Waals surface area contributed by atoms with Crippen LogP contribution in [0.5, 0.6) is 11.5 Å². The van der Waals surface area contributed by atoms with Crippen molar-refractivity contribution in [2.24, 2.45) is 9.98 Å². The normalized spacial score (nSPS) is 24.2. The topological polar surface area (TPSA) is 62.0 Å². The molecule has 2 aromatic carbocycles. The molecule has 1 fully saturated rings. The lowest BCUT2D eigenvalue weighted by molar-refractivity contribution is -0.870. The molecule has 52 heavy (non-hydrogen) atoms. The number of hydrogen-bond acceptors (Lipinski definition) is 5. The van der Waals surface area contributed by atoms with Crippen LogP contribution < -0.4 is 20.2 Å². The lowest BCUT2D eigenvalue weighted by Gasteiger charge is -2.24. The molecule has 3 aromatic rings. The van der Waals surface area contributed by atoms with Crippen molar-refractivity contribution in [3.8, 4) is 11.5 Å². The van der Waals surface area contributed by atoms with Gasteiger partial charge < -0.3 is 28.3 Å². The minimum absolute atomic E-state index is 0.264. The first kappa shape index (κ1) is 33.9. The summed E-state index contributed by atoms with van der Waals surface area (Å²) in [6.07, 6.45) is 17.3. The van der Waals surface area contributed by atoms with Crippen LogP contribution in [-0.4, -0.2) is 111 Å². The van der Waals surface area contributed by atoms with Crippen molar-refractivity contribution >= 4 is 28.6 Å². The Labute approximate surface area is 307 Å². The van der Waals surface area contributed by atoms with Gasteiger partial charge in [0, 0.05) is 40.4 Å². The van der Waals surface area contributed by atoms with Gasteiger partial charge in [-0.1, -0.05) is 24.3 Å². The van der Waals surface area contributed by atoms with Crippen molar-refractivity contribution in [3.05, 3.63) is 136 Å². The van der Waals surface area contributed by atoms with E-state index in [1.54, 1.807) is 0 Å². The summed E-state index contributed by atoms with van der Waals surface area (Å²) < 4.78 is 14.3. The molecule has 2 atom stereocenters. The highest BCUT2D eigenvalue weighted by Crippen LogP contribution is 2.51. The van der Waals surface area contributed by atoms with Gasteiger partial charge in [0.2, 0.25) is 0 Å². The molecule has 0 amide bonds. The zero-order valence-electron chi connectivity index (χ0n) is 31.3. The first-order chi connectivity index (χ1) is 25.0. The van der Waals surface area contributed by atoms with Crippen LogP contribution in [0.1, 0.15) is 24.0 Å². The molecule has 1 saturated heterocycles. The summed E-state index contributed by atoms with van der Waals surface area (Å²) in [5.41, 5.74) is 9.36. The molecule has 0 spiro atoms. The van der Waals surface area contributed by atoms with Gasteiger partial charge in [-0.05, 0) is 90.1 Å². The number of H-pyrrole nitrogens is 1. The minimum atomic E-state index is 0.264. The minimum Gasteiger partial charge on any atom is -0.493 e. The van der Waals surface area contributed by atoms with Crippen molar-refractivity contribution in [2.45, 2.75) is 24.9 Å². The SMILES string of the molecule is C[N+](C)(C)CCCOc1cccc(/C2=C3\C=CC(=N3)/C=c3/cc/c([nH]3)=C(\c3cccc(OCCC[N+](C)(C)C)c3)C3=N/C(=C\C4C5C=C2N54)C=C3)c1. The van der Waals surface area contributed by atoms with Crippen LogP contribution in [0.3, 0.4) is 0 Å². The fourth-order valence-electron chi connectivity index (χ4n) is 7.32. The van der Waals surface area contributed by atoms with E-state index in [9.17, 15) is 0 Å². The van der Waals surface area contributed by atoms with E-state index in [1.165, 1.54) is 5.70 Å². The summed E-state index contributed by atoms with van der Waals surface area (Å²) >= 11 is 0. The number of aromatic amines is 1. The second-order valence-electron chi connectivity index (χ2n) is 16.3. The van der Waals surface area contributed by atoms with Crippen LogP contribution in [0.4, 0.5) is 0 Å². The summed E-state index contributed by atoms with van der Waals surface area (Å²) in [4.78, 5) is 16.5. The van der Waals surface area contributed by atoms with Gasteiger partial charge in [0.25, 0.3) is 0 Å². The number of aromatic nitrogens is 1. The summed E-state index contributed by atoms with van der Waals surface area (Å²) in [6.45, 7) is 3.50. The number of benzene rings is 2. The third kappa shape index (κ3) is 7.40. The molecule has 6 bridgehead atoms. The molecule has 6 heterocycles. The third-order valence-electron chi connectivity index (χ3n) is 9.95. The number of quaternary nitrogens is 2.